The number of thioether (sulfide) groups is 2. The van der Waals surface area contributed by atoms with E-state index in [2.05, 4.69) is 25.9 Å². The Kier molecular flexibility index (Phi) is 3.68. The molecular weight excluding hydrogens is 244 g/mol. The van der Waals surface area contributed by atoms with E-state index in [1.807, 2.05) is 12.5 Å². The summed E-state index contributed by atoms with van der Waals surface area (Å²) in [5, 5.41) is 1.81. The van der Waals surface area contributed by atoms with Crippen LogP contribution in [0.5, 0.6) is 0 Å². The van der Waals surface area contributed by atoms with Gasteiger partial charge in [-0.1, -0.05) is 11.8 Å². The molecule has 1 aromatic heterocycles. The van der Waals surface area contributed by atoms with Crippen LogP contribution in [-0.4, -0.2) is 22.5 Å². The zero-order chi connectivity index (χ0) is 8.27. The molecule has 0 N–H and O–H groups in total. The van der Waals surface area contributed by atoms with E-state index in [9.17, 15) is 0 Å². The van der Waals surface area contributed by atoms with Gasteiger partial charge in [0.15, 0.2) is 5.16 Å². The second-order valence-corrected chi connectivity index (χ2v) is 4.14. The highest BCUT2D eigenvalue weighted by Gasteiger charge is 2.01. The van der Waals surface area contributed by atoms with Gasteiger partial charge in [0.05, 0.1) is 4.47 Å². The number of hydrogen-bond acceptors (Lipinski definition) is 4. The highest BCUT2D eigenvalue weighted by Crippen LogP contribution is 2.24. The molecule has 0 aliphatic rings. The summed E-state index contributed by atoms with van der Waals surface area (Å²) in [6.45, 7) is 0. The van der Waals surface area contributed by atoms with Gasteiger partial charge in [-0.05, 0) is 28.4 Å². The molecule has 60 valence electrons. The Bertz CT molecular complexity index is 254. The van der Waals surface area contributed by atoms with Gasteiger partial charge in [0.1, 0.15) is 5.03 Å². The molecule has 1 rings (SSSR count). The Labute approximate surface area is 82.7 Å². The molecule has 0 amide bonds. The average molecular weight is 251 g/mol. The number of hydrogen-bond donors (Lipinski definition) is 0. The summed E-state index contributed by atoms with van der Waals surface area (Å²) in [6, 6.07) is 0. The molecule has 0 bridgehead atoms. The van der Waals surface area contributed by atoms with Crippen LogP contribution in [0.4, 0.5) is 0 Å². The largest absolute Gasteiger partial charge is 0.230 e. The first-order valence-electron chi connectivity index (χ1n) is 2.88. The SMILES string of the molecule is CSc1ncc(Br)c(SC)n1. The van der Waals surface area contributed by atoms with Crippen molar-refractivity contribution in [2.24, 2.45) is 0 Å². The zero-order valence-corrected chi connectivity index (χ0v) is 9.39. The van der Waals surface area contributed by atoms with Gasteiger partial charge in [0, 0.05) is 6.20 Å². The minimum atomic E-state index is 0.817. The molecule has 2 nitrogen and oxygen atoms in total. The molecule has 0 fully saturated rings. The van der Waals surface area contributed by atoms with Crippen LogP contribution < -0.4 is 0 Å². The molecule has 0 radical (unpaired) electrons. The molecule has 11 heavy (non-hydrogen) atoms. The lowest BCUT2D eigenvalue weighted by Crippen LogP contribution is -1.88. The summed E-state index contributed by atoms with van der Waals surface area (Å²) >= 11 is 6.53. The smallest absolute Gasteiger partial charge is 0.188 e. The van der Waals surface area contributed by atoms with Crippen molar-refractivity contribution in [2.75, 3.05) is 12.5 Å². The topological polar surface area (TPSA) is 25.8 Å². The summed E-state index contributed by atoms with van der Waals surface area (Å²) in [6.07, 6.45) is 5.75. The van der Waals surface area contributed by atoms with Gasteiger partial charge in [-0.15, -0.1) is 11.8 Å². The maximum atomic E-state index is 4.28. The lowest BCUT2D eigenvalue weighted by atomic mass is 10.7. The van der Waals surface area contributed by atoms with E-state index in [1.54, 1.807) is 29.7 Å². The van der Waals surface area contributed by atoms with Gasteiger partial charge in [-0.25, -0.2) is 9.97 Å². The van der Waals surface area contributed by atoms with Crippen LogP contribution in [0, 0.1) is 0 Å². The Balaban J connectivity index is 3.02. The van der Waals surface area contributed by atoms with Crippen LogP contribution in [0.3, 0.4) is 0 Å². The van der Waals surface area contributed by atoms with E-state index in [0.717, 1.165) is 14.7 Å². The van der Waals surface area contributed by atoms with Crippen molar-refractivity contribution in [1.82, 2.24) is 9.97 Å². The van der Waals surface area contributed by atoms with E-state index < -0.39 is 0 Å². The van der Waals surface area contributed by atoms with Gasteiger partial charge >= 0.3 is 0 Å². The number of aromatic nitrogens is 2. The summed E-state index contributed by atoms with van der Waals surface area (Å²) in [5.41, 5.74) is 0. The molecule has 5 heteroatoms. The molecule has 1 aromatic rings. The first-order valence-corrected chi connectivity index (χ1v) is 6.12. The fourth-order valence-electron chi connectivity index (χ4n) is 0.578. The summed E-state index contributed by atoms with van der Waals surface area (Å²) < 4.78 is 0.961. The normalized spacial score (nSPS) is 10.1. The monoisotopic (exact) mass is 250 g/mol. The Hall–Kier alpha value is 0.260. The van der Waals surface area contributed by atoms with Crippen molar-refractivity contribution < 1.29 is 0 Å². The highest BCUT2D eigenvalue weighted by atomic mass is 79.9. The van der Waals surface area contributed by atoms with Crippen LogP contribution in [0.2, 0.25) is 0 Å². The van der Waals surface area contributed by atoms with Crippen LogP contribution in [-0.2, 0) is 0 Å². The van der Waals surface area contributed by atoms with Crippen molar-refractivity contribution >= 4 is 39.5 Å². The molecule has 0 saturated heterocycles. The molecule has 0 aliphatic heterocycles. The Morgan fingerprint density at radius 1 is 1.36 bits per heavy atom. The summed E-state index contributed by atoms with van der Waals surface area (Å²) in [7, 11) is 0. The summed E-state index contributed by atoms with van der Waals surface area (Å²) in [5.74, 6) is 0. The number of rotatable bonds is 2. The van der Waals surface area contributed by atoms with Crippen molar-refractivity contribution in [3.8, 4) is 0 Å². The molecule has 0 aromatic carbocycles. The van der Waals surface area contributed by atoms with E-state index in [1.165, 1.54) is 0 Å². The van der Waals surface area contributed by atoms with Crippen LogP contribution in [0.25, 0.3) is 0 Å². The minimum Gasteiger partial charge on any atom is -0.230 e. The highest BCUT2D eigenvalue weighted by molar-refractivity contribution is 9.10. The van der Waals surface area contributed by atoms with Gasteiger partial charge in [-0.3, -0.25) is 0 Å². The van der Waals surface area contributed by atoms with E-state index in [-0.39, 0.29) is 0 Å². The second kappa shape index (κ2) is 4.33. The molecule has 0 spiro atoms. The predicted octanol–water partition coefficient (Wildman–Crippen LogP) is 2.68. The molecular formula is C6H7BrN2S2. The van der Waals surface area contributed by atoms with E-state index in [4.69, 9.17) is 0 Å². The maximum Gasteiger partial charge on any atom is 0.188 e. The standard InChI is InChI=1S/C6H7BrN2S2/c1-10-5-4(7)3-8-6(9-5)11-2/h3H,1-2H3. The molecule has 0 aliphatic carbocycles. The predicted molar refractivity (Wildman–Crippen MR) is 53.3 cm³/mol. The van der Waals surface area contributed by atoms with Gasteiger partial charge < -0.3 is 0 Å². The molecule has 0 atom stereocenters. The molecule has 0 saturated carbocycles. The Morgan fingerprint density at radius 3 is 2.64 bits per heavy atom. The molecule has 1 heterocycles. The Morgan fingerprint density at radius 2 is 2.09 bits per heavy atom. The van der Waals surface area contributed by atoms with Crippen molar-refractivity contribution in [3.05, 3.63) is 10.7 Å². The zero-order valence-electron chi connectivity index (χ0n) is 6.17. The average Bonchev–Trinajstić information content (AvgIpc) is 2.05. The van der Waals surface area contributed by atoms with Crippen molar-refractivity contribution in [2.45, 2.75) is 10.2 Å². The third kappa shape index (κ3) is 2.35. The fraction of sp³-hybridized carbons (Fsp3) is 0.333. The van der Waals surface area contributed by atoms with Gasteiger partial charge in [0.2, 0.25) is 0 Å². The van der Waals surface area contributed by atoms with Crippen molar-refractivity contribution in [3.63, 3.8) is 0 Å². The first kappa shape index (κ1) is 9.35. The third-order valence-electron chi connectivity index (χ3n) is 1.07. The third-order valence-corrected chi connectivity index (χ3v) is 3.17. The number of halogens is 1. The van der Waals surface area contributed by atoms with E-state index in [0.29, 0.717) is 0 Å². The van der Waals surface area contributed by atoms with Crippen molar-refractivity contribution in [1.29, 1.82) is 0 Å². The molecule has 0 unspecified atom stereocenters. The lowest BCUT2D eigenvalue weighted by Gasteiger charge is -1.99. The first-order chi connectivity index (χ1) is 5.27. The summed E-state index contributed by atoms with van der Waals surface area (Å²) in [4.78, 5) is 8.37. The number of nitrogens with zero attached hydrogens (tertiary/aromatic N) is 2. The van der Waals surface area contributed by atoms with E-state index >= 15 is 0 Å². The van der Waals surface area contributed by atoms with Gasteiger partial charge in [-0.2, -0.15) is 0 Å². The van der Waals surface area contributed by atoms with Crippen LogP contribution in [0.15, 0.2) is 20.9 Å². The van der Waals surface area contributed by atoms with Gasteiger partial charge in [0.25, 0.3) is 0 Å². The lowest BCUT2D eigenvalue weighted by molar-refractivity contribution is 0.882. The van der Waals surface area contributed by atoms with Crippen LogP contribution in [0.1, 0.15) is 0 Å². The fourth-order valence-corrected chi connectivity index (χ4v) is 2.08. The minimum absolute atomic E-state index is 0.817. The van der Waals surface area contributed by atoms with Crippen LogP contribution >= 0.6 is 39.5 Å². The maximum absolute atomic E-state index is 4.28. The quantitative estimate of drug-likeness (QED) is 0.458. The second-order valence-electron chi connectivity index (χ2n) is 1.71.